The average molecular weight is 304 g/mol. The molecule has 0 N–H and O–H groups in total. The van der Waals surface area contributed by atoms with Crippen molar-refractivity contribution in [2.24, 2.45) is 0 Å². The van der Waals surface area contributed by atoms with E-state index in [2.05, 4.69) is 25.3 Å². The van der Waals surface area contributed by atoms with Crippen molar-refractivity contribution in [1.29, 1.82) is 0 Å². The van der Waals surface area contributed by atoms with Gasteiger partial charge in [-0.1, -0.05) is 20.8 Å². The Morgan fingerprint density at radius 1 is 0.947 bits per heavy atom. The van der Waals surface area contributed by atoms with Crippen LogP contribution in [0.25, 0.3) is 0 Å². The van der Waals surface area contributed by atoms with Crippen LogP contribution in [0, 0.1) is 0 Å². The maximum absolute atomic E-state index is 12.4. The molecule has 0 radical (unpaired) electrons. The second-order valence-corrected chi connectivity index (χ2v) is 4.48. The fraction of sp³-hybridized carbons (Fsp3) is 0.833. The molecule has 0 bridgehead atoms. The van der Waals surface area contributed by atoms with Gasteiger partial charge in [0.1, 0.15) is 0 Å². The number of hydrogen-bond acceptors (Lipinski definition) is 2. The Kier molecular flexibility index (Phi) is 13.9. The molecule has 0 rings (SSSR count). The van der Waals surface area contributed by atoms with Gasteiger partial charge in [-0.15, -0.1) is 12.1 Å². The molecule has 0 aromatic heterocycles. The van der Waals surface area contributed by atoms with Crippen LogP contribution in [-0.4, -0.2) is 56.0 Å². The van der Waals surface area contributed by atoms with Gasteiger partial charge in [-0.2, -0.15) is 0 Å². The van der Waals surface area contributed by atoms with Crippen LogP contribution in [0.15, 0.2) is 12.1 Å². The first-order chi connectivity index (χ1) is 8.35. The third-order valence-electron chi connectivity index (χ3n) is 3.18. The Hall–Kier alpha value is 1.15. The molecule has 0 saturated heterocycles. The molecule has 0 atom stereocenters. The summed E-state index contributed by atoms with van der Waals surface area (Å²) >= 11 is 0. The van der Waals surface area contributed by atoms with Gasteiger partial charge in [-0.05, 0) is 45.7 Å². The van der Waals surface area contributed by atoms with Gasteiger partial charge in [0.15, 0.2) is 0 Å². The van der Waals surface area contributed by atoms with Crippen molar-refractivity contribution in [3.63, 3.8) is 0 Å². The quantitative estimate of drug-likeness (QED) is 0.524. The van der Waals surface area contributed by atoms with E-state index in [1.165, 1.54) is 0 Å². The fourth-order valence-electron chi connectivity index (χ4n) is 1.80. The summed E-state index contributed by atoms with van der Waals surface area (Å²) < 4.78 is 37.3. The molecule has 0 aromatic carbocycles. The molecule has 0 fully saturated rings. The predicted octanol–water partition coefficient (Wildman–Crippen LogP) is -0.0130. The van der Waals surface area contributed by atoms with Gasteiger partial charge in [0.2, 0.25) is 0 Å². The molecule has 19 heavy (non-hydrogen) atoms. The molecule has 0 spiro atoms. The zero-order chi connectivity index (χ0) is 14.2. The Balaban J connectivity index is 0. The number of halogens is 3. The summed E-state index contributed by atoms with van der Waals surface area (Å²) in [6, 6.07) is 0. The third kappa shape index (κ3) is 10.5. The topological polar surface area (TPSA) is 6.48 Å². The van der Waals surface area contributed by atoms with E-state index in [0.717, 1.165) is 26.1 Å². The van der Waals surface area contributed by atoms with Crippen molar-refractivity contribution in [3.05, 3.63) is 12.1 Å². The van der Waals surface area contributed by atoms with Gasteiger partial charge < -0.3 is 22.7 Å². The zero-order valence-corrected chi connectivity index (χ0v) is 15.9. The van der Waals surface area contributed by atoms with Crippen LogP contribution in [0.3, 0.4) is 0 Å². The van der Waals surface area contributed by atoms with Crippen molar-refractivity contribution in [3.8, 4) is 0 Å². The van der Waals surface area contributed by atoms with E-state index in [1.54, 1.807) is 4.90 Å². The molecule has 0 unspecified atom stereocenters. The van der Waals surface area contributed by atoms with Gasteiger partial charge >= 0.3 is 58.4 Å². The monoisotopic (exact) mass is 304 g/mol. The molecule has 0 aliphatic heterocycles. The second-order valence-electron chi connectivity index (χ2n) is 4.48. The fourth-order valence-corrected chi connectivity index (χ4v) is 1.80. The minimum Gasteiger partial charge on any atom is -0.445 e. The molecular weight excluding hydrogens is 279 g/mol. The van der Waals surface area contributed by atoms with Gasteiger partial charge in [0, 0.05) is 0 Å². The molecule has 0 aromatic rings. The summed E-state index contributed by atoms with van der Waals surface area (Å²) in [5, 5.41) is 0. The van der Waals surface area contributed by atoms with Crippen LogP contribution in [0.5, 0.6) is 0 Å². The predicted molar refractivity (Wildman–Crippen MR) is 72.7 cm³/mol. The third-order valence-corrected chi connectivity index (χ3v) is 3.18. The first-order valence-corrected chi connectivity index (χ1v) is 6.67. The number of likely N-dealkylation sites (N-methyl/N-ethyl adjacent to an activating group) is 1. The molecular formula is C12H25BF3KN2. The van der Waals surface area contributed by atoms with E-state index < -0.39 is 12.4 Å². The van der Waals surface area contributed by atoms with Gasteiger partial charge in [-0.25, -0.2) is 0 Å². The van der Waals surface area contributed by atoms with Crippen molar-refractivity contribution >= 4 is 6.98 Å². The van der Waals surface area contributed by atoms with E-state index in [-0.39, 0.29) is 57.9 Å². The van der Waals surface area contributed by atoms with Gasteiger partial charge in [0.25, 0.3) is 0 Å². The summed E-state index contributed by atoms with van der Waals surface area (Å²) in [6.07, 6.45) is 0.896. The number of rotatable bonds is 10. The van der Waals surface area contributed by atoms with Crippen LogP contribution < -0.4 is 51.4 Å². The van der Waals surface area contributed by atoms with Crippen LogP contribution >= 0.6 is 0 Å². The molecule has 0 amide bonds. The largest absolute Gasteiger partial charge is 1.00 e. The molecule has 108 valence electrons. The Morgan fingerprint density at radius 3 is 1.74 bits per heavy atom. The second kappa shape index (κ2) is 11.8. The maximum atomic E-state index is 12.4. The van der Waals surface area contributed by atoms with Crippen molar-refractivity contribution in [1.82, 2.24) is 9.80 Å². The van der Waals surface area contributed by atoms with Gasteiger partial charge in [0.05, 0.1) is 0 Å². The average Bonchev–Trinajstić information content (AvgIpc) is 2.31. The summed E-state index contributed by atoms with van der Waals surface area (Å²) in [6.45, 7) is 8.49. The molecule has 2 nitrogen and oxygen atoms in total. The SMILES string of the molecule is C=C(CN(CC)CCCN(CC)CC)[B-](F)(F)F.[K+]. The minimum atomic E-state index is -4.90. The molecule has 0 aliphatic rings. The minimum absolute atomic E-state index is 0. The Labute approximate surface area is 158 Å². The molecule has 0 heterocycles. The Morgan fingerprint density at radius 2 is 1.37 bits per heavy atom. The molecule has 0 saturated carbocycles. The number of hydrogen-bond donors (Lipinski definition) is 0. The number of nitrogens with zero attached hydrogens (tertiary/aromatic N) is 2. The first kappa shape index (κ1) is 22.4. The van der Waals surface area contributed by atoms with E-state index in [9.17, 15) is 12.9 Å². The maximum Gasteiger partial charge on any atom is 1.00 e. The van der Waals surface area contributed by atoms with Crippen LogP contribution in [0.4, 0.5) is 12.9 Å². The standard InChI is InChI=1S/C12H25BF3N2.K/c1-5-17(6-2)9-8-10-18(7-3)11-12(4)13(14,15)16;/h4-11H2,1-3H3;/q-1;+1. The summed E-state index contributed by atoms with van der Waals surface area (Å²) in [5.74, 6) is 0. The summed E-state index contributed by atoms with van der Waals surface area (Å²) in [5.41, 5.74) is -0.598. The van der Waals surface area contributed by atoms with Crippen molar-refractivity contribution < 1.29 is 64.3 Å². The Bertz CT molecular complexity index is 246. The van der Waals surface area contributed by atoms with E-state index in [0.29, 0.717) is 13.1 Å². The normalized spacial score (nSPS) is 11.8. The van der Waals surface area contributed by atoms with Crippen LogP contribution in [-0.2, 0) is 0 Å². The van der Waals surface area contributed by atoms with E-state index >= 15 is 0 Å². The van der Waals surface area contributed by atoms with E-state index in [4.69, 9.17) is 0 Å². The zero-order valence-electron chi connectivity index (χ0n) is 12.8. The van der Waals surface area contributed by atoms with Crippen LogP contribution in [0.1, 0.15) is 27.2 Å². The van der Waals surface area contributed by atoms with Crippen molar-refractivity contribution in [2.75, 3.05) is 39.3 Å². The summed E-state index contributed by atoms with van der Waals surface area (Å²) in [7, 11) is 0. The smallest absolute Gasteiger partial charge is 0.445 e. The van der Waals surface area contributed by atoms with Crippen molar-refractivity contribution in [2.45, 2.75) is 27.2 Å². The molecule has 7 heteroatoms. The van der Waals surface area contributed by atoms with Crippen LogP contribution in [0.2, 0.25) is 0 Å². The molecule has 0 aliphatic carbocycles. The first-order valence-electron chi connectivity index (χ1n) is 6.67. The van der Waals surface area contributed by atoms with E-state index in [1.807, 2.05) is 6.92 Å². The van der Waals surface area contributed by atoms with Gasteiger partial charge in [-0.3, -0.25) is 0 Å². The summed E-state index contributed by atoms with van der Waals surface area (Å²) in [4.78, 5) is 4.08.